The smallest absolute Gasteiger partial charge is 0.338 e. The summed E-state index contributed by atoms with van der Waals surface area (Å²) in [6.45, 7) is 8.57. The van der Waals surface area contributed by atoms with Crippen LogP contribution in [0.5, 0.6) is 0 Å². The summed E-state index contributed by atoms with van der Waals surface area (Å²) in [5.41, 5.74) is 0.206. The Morgan fingerprint density at radius 2 is 1.75 bits per heavy atom. The van der Waals surface area contributed by atoms with Crippen LogP contribution in [0.3, 0.4) is 0 Å². The Balaban J connectivity index is 1.65. The Hall–Kier alpha value is -1.97. The Labute approximate surface area is 190 Å². The Kier molecular flexibility index (Phi) is 7.95. The zero-order valence-electron chi connectivity index (χ0n) is 19.3. The molecule has 3 rings (SSSR count). The maximum absolute atomic E-state index is 13.0. The third-order valence-electron chi connectivity index (χ3n) is 6.13. The van der Waals surface area contributed by atoms with Crippen molar-refractivity contribution in [2.24, 2.45) is 0 Å². The average Bonchev–Trinajstić information content (AvgIpc) is 2.77. The molecular weight excluding hydrogens is 432 g/mol. The first-order valence-corrected chi connectivity index (χ1v) is 12.8. The van der Waals surface area contributed by atoms with Crippen LogP contribution in [0.2, 0.25) is 0 Å². The number of amides is 1. The lowest BCUT2D eigenvalue weighted by atomic mass is 9.99. The molecule has 1 aromatic carbocycles. The van der Waals surface area contributed by atoms with Crippen molar-refractivity contribution >= 4 is 21.9 Å². The van der Waals surface area contributed by atoms with Gasteiger partial charge in [0.25, 0.3) is 5.91 Å². The van der Waals surface area contributed by atoms with Gasteiger partial charge in [-0.3, -0.25) is 4.79 Å². The normalized spacial score (nSPS) is 25.9. The summed E-state index contributed by atoms with van der Waals surface area (Å²) in [7, 11) is -3.69. The van der Waals surface area contributed by atoms with Gasteiger partial charge in [-0.2, -0.15) is 4.31 Å². The van der Waals surface area contributed by atoms with Crippen LogP contribution in [-0.2, 0) is 24.3 Å². The lowest BCUT2D eigenvalue weighted by Gasteiger charge is -2.36. The van der Waals surface area contributed by atoms with E-state index in [1.165, 1.54) is 28.6 Å². The summed E-state index contributed by atoms with van der Waals surface area (Å²) in [4.78, 5) is 27.3. The van der Waals surface area contributed by atoms with E-state index in [0.29, 0.717) is 6.54 Å². The number of piperidine rings is 1. The third kappa shape index (κ3) is 5.50. The minimum atomic E-state index is -3.69. The van der Waals surface area contributed by atoms with E-state index in [0.717, 1.165) is 25.7 Å². The van der Waals surface area contributed by atoms with Crippen LogP contribution in [0.15, 0.2) is 29.2 Å². The number of carbonyl (C=O) groups is 2. The molecule has 32 heavy (non-hydrogen) atoms. The van der Waals surface area contributed by atoms with Crippen LogP contribution >= 0.6 is 0 Å². The minimum Gasteiger partial charge on any atom is -0.449 e. The standard InChI is InChI=1S/C23H34N2O6S/c1-5-20-8-6-7-13-25(20)22(26)18(4)31-23(27)19-9-11-21(12-10-19)32(28,29)24-14-16(2)30-17(3)15-24/h9-12,16-18,20H,5-8,13-15H2,1-4H3. The van der Waals surface area contributed by atoms with Crippen molar-refractivity contribution in [3.8, 4) is 0 Å². The van der Waals surface area contributed by atoms with Crippen LogP contribution in [0.25, 0.3) is 0 Å². The first-order valence-electron chi connectivity index (χ1n) is 11.4. The molecule has 1 aromatic rings. The van der Waals surface area contributed by atoms with Gasteiger partial charge in [0.1, 0.15) is 0 Å². The van der Waals surface area contributed by atoms with Gasteiger partial charge in [-0.05, 0) is 70.7 Å². The molecule has 0 spiro atoms. The molecule has 9 heteroatoms. The van der Waals surface area contributed by atoms with Crippen LogP contribution in [-0.4, -0.2) is 73.5 Å². The van der Waals surface area contributed by atoms with Crippen LogP contribution < -0.4 is 0 Å². The highest BCUT2D eigenvalue weighted by Crippen LogP contribution is 2.23. The largest absolute Gasteiger partial charge is 0.449 e. The first-order chi connectivity index (χ1) is 15.1. The molecular formula is C23H34N2O6S. The van der Waals surface area contributed by atoms with E-state index < -0.39 is 22.1 Å². The molecule has 0 N–H and O–H groups in total. The zero-order valence-corrected chi connectivity index (χ0v) is 20.1. The molecule has 2 heterocycles. The van der Waals surface area contributed by atoms with E-state index in [2.05, 4.69) is 6.92 Å². The highest BCUT2D eigenvalue weighted by Gasteiger charge is 2.33. The van der Waals surface area contributed by atoms with Crippen molar-refractivity contribution < 1.29 is 27.5 Å². The highest BCUT2D eigenvalue weighted by molar-refractivity contribution is 7.89. The summed E-state index contributed by atoms with van der Waals surface area (Å²) >= 11 is 0. The molecule has 4 atom stereocenters. The summed E-state index contributed by atoms with van der Waals surface area (Å²) in [6.07, 6.45) is 2.65. The first kappa shape index (κ1) is 24.7. The van der Waals surface area contributed by atoms with Gasteiger partial charge >= 0.3 is 5.97 Å². The number of benzene rings is 1. The number of esters is 1. The second kappa shape index (κ2) is 10.3. The van der Waals surface area contributed by atoms with Gasteiger partial charge in [-0.25, -0.2) is 13.2 Å². The predicted octanol–water partition coefficient (Wildman–Crippen LogP) is 2.82. The Morgan fingerprint density at radius 3 is 2.34 bits per heavy atom. The van der Waals surface area contributed by atoms with E-state index in [1.54, 1.807) is 6.92 Å². The van der Waals surface area contributed by atoms with Gasteiger partial charge in [0.2, 0.25) is 10.0 Å². The van der Waals surface area contributed by atoms with E-state index in [9.17, 15) is 18.0 Å². The van der Waals surface area contributed by atoms with Crippen molar-refractivity contribution in [1.29, 1.82) is 0 Å². The molecule has 178 valence electrons. The maximum Gasteiger partial charge on any atom is 0.338 e. The lowest BCUT2D eigenvalue weighted by Crippen LogP contribution is -2.48. The quantitative estimate of drug-likeness (QED) is 0.599. The summed E-state index contributed by atoms with van der Waals surface area (Å²) in [5.74, 6) is -0.826. The molecule has 4 unspecified atom stereocenters. The number of sulfonamides is 1. The number of likely N-dealkylation sites (tertiary alicyclic amines) is 1. The second-order valence-electron chi connectivity index (χ2n) is 8.74. The van der Waals surface area contributed by atoms with Crippen LogP contribution in [0.4, 0.5) is 0 Å². The van der Waals surface area contributed by atoms with E-state index in [-0.39, 0.29) is 47.7 Å². The molecule has 2 fully saturated rings. The molecule has 2 saturated heterocycles. The van der Waals surface area contributed by atoms with E-state index in [1.807, 2.05) is 18.7 Å². The van der Waals surface area contributed by atoms with Crippen molar-refractivity contribution in [2.75, 3.05) is 19.6 Å². The van der Waals surface area contributed by atoms with Crippen molar-refractivity contribution in [3.63, 3.8) is 0 Å². The van der Waals surface area contributed by atoms with Gasteiger partial charge in [0.05, 0.1) is 22.7 Å². The number of nitrogens with zero attached hydrogens (tertiary/aromatic N) is 2. The molecule has 0 saturated carbocycles. The topological polar surface area (TPSA) is 93.2 Å². The number of hydrogen-bond acceptors (Lipinski definition) is 6. The number of ether oxygens (including phenoxy) is 2. The van der Waals surface area contributed by atoms with Crippen LogP contribution in [0.1, 0.15) is 63.7 Å². The number of rotatable bonds is 6. The van der Waals surface area contributed by atoms with Gasteiger partial charge in [0, 0.05) is 25.7 Å². The lowest BCUT2D eigenvalue weighted by molar-refractivity contribution is -0.143. The van der Waals surface area contributed by atoms with Crippen molar-refractivity contribution in [3.05, 3.63) is 29.8 Å². The average molecular weight is 467 g/mol. The Morgan fingerprint density at radius 1 is 1.12 bits per heavy atom. The molecule has 2 aliphatic rings. The van der Waals surface area contributed by atoms with Gasteiger partial charge in [-0.15, -0.1) is 0 Å². The maximum atomic E-state index is 13.0. The number of carbonyl (C=O) groups excluding carboxylic acids is 2. The molecule has 8 nitrogen and oxygen atoms in total. The van der Waals surface area contributed by atoms with Gasteiger partial charge in [0.15, 0.2) is 6.10 Å². The number of morpholine rings is 1. The Bertz CT molecular complexity index is 907. The number of hydrogen-bond donors (Lipinski definition) is 0. The molecule has 1 amide bonds. The summed E-state index contributed by atoms with van der Waals surface area (Å²) in [6, 6.07) is 5.85. The minimum absolute atomic E-state index is 0.110. The summed E-state index contributed by atoms with van der Waals surface area (Å²) < 4.78 is 38.4. The van der Waals surface area contributed by atoms with Crippen molar-refractivity contribution in [1.82, 2.24) is 9.21 Å². The molecule has 0 bridgehead atoms. The monoisotopic (exact) mass is 466 g/mol. The van der Waals surface area contributed by atoms with Crippen LogP contribution in [0, 0.1) is 0 Å². The third-order valence-corrected chi connectivity index (χ3v) is 7.97. The second-order valence-corrected chi connectivity index (χ2v) is 10.7. The van der Waals surface area contributed by atoms with Gasteiger partial charge in [-0.1, -0.05) is 6.92 Å². The van der Waals surface area contributed by atoms with Gasteiger partial charge < -0.3 is 14.4 Å². The highest BCUT2D eigenvalue weighted by atomic mass is 32.2. The van der Waals surface area contributed by atoms with E-state index >= 15 is 0 Å². The van der Waals surface area contributed by atoms with Crippen molar-refractivity contribution in [2.45, 2.75) is 82.6 Å². The fourth-order valence-corrected chi connectivity index (χ4v) is 6.06. The predicted molar refractivity (Wildman–Crippen MR) is 120 cm³/mol. The molecule has 2 aliphatic heterocycles. The fourth-order valence-electron chi connectivity index (χ4n) is 4.47. The molecule has 0 aromatic heterocycles. The summed E-state index contributed by atoms with van der Waals surface area (Å²) in [5, 5.41) is 0. The van der Waals surface area contributed by atoms with E-state index in [4.69, 9.17) is 9.47 Å². The zero-order chi connectivity index (χ0) is 23.5. The molecule has 0 radical (unpaired) electrons. The molecule has 0 aliphatic carbocycles. The fraction of sp³-hybridized carbons (Fsp3) is 0.652. The SMILES string of the molecule is CCC1CCCCN1C(=O)C(C)OC(=O)c1ccc(S(=O)(=O)N2CC(C)OC(C)C2)cc1.